The zero-order chi connectivity index (χ0) is 12.9. The largest absolute Gasteiger partial charge is 0.0558 e. The van der Waals surface area contributed by atoms with Crippen LogP contribution in [0.15, 0.2) is 12.1 Å². The molecule has 3 aliphatic rings. The minimum absolute atomic E-state index is 1.28. The Hall–Kier alpha value is -1.30. The van der Waals surface area contributed by atoms with E-state index in [4.69, 9.17) is 0 Å². The van der Waals surface area contributed by atoms with Crippen LogP contribution in [0.1, 0.15) is 46.2 Å². The van der Waals surface area contributed by atoms with E-state index in [1.165, 1.54) is 53.5 Å². The summed E-state index contributed by atoms with van der Waals surface area (Å²) in [6.07, 6.45) is 5.29. The van der Waals surface area contributed by atoms with Crippen LogP contribution in [-0.4, -0.2) is 0 Å². The van der Waals surface area contributed by atoms with Crippen LogP contribution in [0, 0.1) is 27.7 Å². The topological polar surface area (TPSA) is 0 Å². The summed E-state index contributed by atoms with van der Waals surface area (Å²) in [5.74, 6) is 0. The Morgan fingerprint density at radius 2 is 1.44 bits per heavy atom. The SMILES string of the molecule is Cc1cc(C)c(C)c2c3c(cc-2c1C)CCCC3. The summed E-state index contributed by atoms with van der Waals surface area (Å²) in [7, 11) is 0. The molecule has 3 aliphatic carbocycles. The lowest BCUT2D eigenvalue weighted by Gasteiger charge is -2.13. The van der Waals surface area contributed by atoms with Gasteiger partial charge < -0.3 is 0 Å². The van der Waals surface area contributed by atoms with E-state index >= 15 is 0 Å². The first-order chi connectivity index (χ1) is 8.59. The van der Waals surface area contributed by atoms with Crippen molar-refractivity contribution < 1.29 is 0 Å². The third-order valence-corrected chi connectivity index (χ3v) is 4.80. The van der Waals surface area contributed by atoms with Crippen LogP contribution in [0.25, 0.3) is 11.1 Å². The zero-order valence-electron chi connectivity index (χ0n) is 12.0. The molecule has 18 heavy (non-hydrogen) atoms. The summed E-state index contributed by atoms with van der Waals surface area (Å²) in [5.41, 5.74) is 12.2. The highest BCUT2D eigenvalue weighted by Gasteiger charge is 2.22. The molecule has 94 valence electrons. The van der Waals surface area contributed by atoms with Crippen molar-refractivity contribution in [2.24, 2.45) is 0 Å². The maximum Gasteiger partial charge on any atom is -0.0114 e. The van der Waals surface area contributed by atoms with Crippen molar-refractivity contribution in [2.45, 2.75) is 53.4 Å². The normalized spacial score (nSPS) is 14.9. The predicted molar refractivity (Wildman–Crippen MR) is 78.7 cm³/mol. The molecule has 0 fully saturated rings. The van der Waals surface area contributed by atoms with E-state index in [1.54, 1.807) is 16.7 Å². The molecule has 0 unspecified atom stereocenters. The first-order valence-electron chi connectivity index (χ1n) is 7.11. The summed E-state index contributed by atoms with van der Waals surface area (Å²) in [6.45, 7) is 9.07. The Morgan fingerprint density at radius 3 is 2.22 bits per heavy atom. The van der Waals surface area contributed by atoms with Gasteiger partial charge in [-0.15, -0.1) is 0 Å². The number of aryl methyl sites for hydroxylation is 3. The summed E-state index contributed by atoms with van der Waals surface area (Å²) < 4.78 is 0. The van der Waals surface area contributed by atoms with Gasteiger partial charge in [0.25, 0.3) is 0 Å². The third-order valence-electron chi connectivity index (χ3n) is 4.80. The lowest BCUT2D eigenvalue weighted by atomic mass is 9.91. The molecule has 0 spiro atoms. The molecular formula is C18H22. The predicted octanol–water partition coefficient (Wildman–Crippen LogP) is 4.90. The third kappa shape index (κ3) is 1.59. The maximum atomic E-state index is 2.47. The van der Waals surface area contributed by atoms with Gasteiger partial charge in [0.2, 0.25) is 0 Å². The smallest absolute Gasteiger partial charge is 0.0114 e. The van der Waals surface area contributed by atoms with E-state index in [0.717, 1.165) is 0 Å². The minimum Gasteiger partial charge on any atom is -0.0558 e. The van der Waals surface area contributed by atoms with Gasteiger partial charge in [0, 0.05) is 0 Å². The van der Waals surface area contributed by atoms with Gasteiger partial charge >= 0.3 is 0 Å². The van der Waals surface area contributed by atoms with Gasteiger partial charge in [0.15, 0.2) is 0 Å². The summed E-state index contributed by atoms with van der Waals surface area (Å²) >= 11 is 0. The van der Waals surface area contributed by atoms with E-state index in [9.17, 15) is 0 Å². The first kappa shape index (κ1) is 11.8. The second-order valence-electron chi connectivity index (χ2n) is 5.90. The molecule has 0 aromatic carbocycles. The van der Waals surface area contributed by atoms with Crippen LogP contribution in [0.4, 0.5) is 0 Å². The molecule has 0 aliphatic heterocycles. The molecule has 0 heteroatoms. The van der Waals surface area contributed by atoms with Crippen LogP contribution in [0.5, 0.6) is 0 Å². The van der Waals surface area contributed by atoms with Crippen molar-refractivity contribution in [3.05, 3.63) is 45.5 Å². The Labute approximate surface area is 110 Å². The molecule has 0 bridgehead atoms. The van der Waals surface area contributed by atoms with E-state index in [-0.39, 0.29) is 0 Å². The van der Waals surface area contributed by atoms with E-state index in [2.05, 4.69) is 39.8 Å². The van der Waals surface area contributed by atoms with E-state index in [0.29, 0.717) is 0 Å². The average Bonchev–Trinajstić information content (AvgIpc) is 2.72. The molecule has 0 aromatic rings. The van der Waals surface area contributed by atoms with Crippen molar-refractivity contribution in [1.82, 2.24) is 0 Å². The van der Waals surface area contributed by atoms with Crippen molar-refractivity contribution >= 4 is 0 Å². The standard InChI is InChI=1S/C18H22/c1-11-9-12(2)14(4)18-16-8-6-5-7-15(16)10-17(18)13(11)3/h9-10H,5-8H2,1-4H3. The van der Waals surface area contributed by atoms with Gasteiger partial charge in [-0.05, 0) is 97.9 Å². The minimum atomic E-state index is 1.28. The van der Waals surface area contributed by atoms with Gasteiger partial charge in [-0.3, -0.25) is 0 Å². The number of fused-ring (bicyclic) bond motifs is 3. The van der Waals surface area contributed by atoms with Crippen molar-refractivity contribution in [1.29, 1.82) is 0 Å². The lowest BCUT2D eigenvalue weighted by molar-refractivity contribution is 0.691. The van der Waals surface area contributed by atoms with Crippen molar-refractivity contribution in [3.63, 3.8) is 0 Å². The molecule has 0 saturated carbocycles. The highest BCUT2D eigenvalue weighted by molar-refractivity contribution is 5.80. The molecule has 0 aromatic heterocycles. The second-order valence-corrected chi connectivity index (χ2v) is 5.90. The molecule has 3 rings (SSSR count). The first-order valence-corrected chi connectivity index (χ1v) is 7.11. The Balaban J connectivity index is 2.42. The van der Waals surface area contributed by atoms with Crippen LogP contribution in [0.3, 0.4) is 0 Å². The Kier molecular flexibility index (Phi) is 2.69. The van der Waals surface area contributed by atoms with Crippen molar-refractivity contribution in [2.75, 3.05) is 0 Å². The summed E-state index contributed by atoms with van der Waals surface area (Å²) in [6, 6.07) is 4.82. The molecule has 0 heterocycles. The number of rotatable bonds is 0. The molecular weight excluding hydrogens is 216 g/mol. The fraction of sp³-hybridized carbons (Fsp3) is 0.444. The van der Waals surface area contributed by atoms with Gasteiger partial charge in [-0.1, -0.05) is 12.1 Å². The van der Waals surface area contributed by atoms with Crippen LogP contribution < -0.4 is 0 Å². The highest BCUT2D eigenvalue weighted by atomic mass is 14.3. The number of hydrogen-bond donors (Lipinski definition) is 0. The van der Waals surface area contributed by atoms with E-state index in [1.807, 2.05) is 0 Å². The summed E-state index contributed by atoms with van der Waals surface area (Å²) in [4.78, 5) is 0. The molecule has 0 atom stereocenters. The van der Waals surface area contributed by atoms with E-state index < -0.39 is 0 Å². The zero-order valence-corrected chi connectivity index (χ0v) is 12.0. The number of hydrogen-bond acceptors (Lipinski definition) is 0. The lowest BCUT2D eigenvalue weighted by Crippen LogP contribution is -1.99. The second kappa shape index (κ2) is 4.12. The summed E-state index contributed by atoms with van der Waals surface area (Å²) in [5, 5.41) is 0. The molecule has 0 N–H and O–H groups in total. The van der Waals surface area contributed by atoms with Gasteiger partial charge in [-0.25, -0.2) is 0 Å². The van der Waals surface area contributed by atoms with Gasteiger partial charge in [-0.2, -0.15) is 0 Å². The quantitative estimate of drug-likeness (QED) is 0.612. The maximum absolute atomic E-state index is 2.47. The van der Waals surface area contributed by atoms with Gasteiger partial charge in [0.1, 0.15) is 0 Å². The average molecular weight is 238 g/mol. The van der Waals surface area contributed by atoms with Crippen LogP contribution in [0.2, 0.25) is 0 Å². The van der Waals surface area contributed by atoms with Crippen LogP contribution >= 0.6 is 0 Å². The Bertz CT molecular complexity index is 590. The van der Waals surface area contributed by atoms with Crippen molar-refractivity contribution in [3.8, 4) is 11.1 Å². The fourth-order valence-corrected chi connectivity index (χ4v) is 3.46. The molecule has 0 amide bonds. The molecule has 0 saturated heterocycles. The van der Waals surface area contributed by atoms with Gasteiger partial charge in [0.05, 0.1) is 0 Å². The van der Waals surface area contributed by atoms with Crippen LogP contribution in [-0.2, 0) is 12.8 Å². The fourth-order valence-electron chi connectivity index (χ4n) is 3.46. The highest BCUT2D eigenvalue weighted by Crippen LogP contribution is 2.41. The molecule has 0 radical (unpaired) electrons. The molecule has 0 nitrogen and oxygen atoms in total. The Morgan fingerprint density at radius 1 is 0.778 bits per heavy atom. The monoisotopic (exact) mass is 238 g/mol.